The van der Waals surface area contributed by atoms with Crippen LogP contribution in [0.25, 0.3) is 22.4 Å². The molecule has 28 heavy (non-hydrogen) atoms. The Kier molecular flexibility index (Phi) is 4.63. The normalized spacial score (nSPS) is 12.8. The number of hydrogen-bond donors (Lipinski definition) is 0. The molecule has 0 atom stereocenters. The van der Waals surface area contributed by atoms with Crippen LogP contribution >= 0.6 is 11.3 Å². The van der Waals surface area contributed by atoms with Crippen LogP contribution in [0.4, 0.5) is 0 Å². The third-order valence-electron chi connectivity index (χ3n) is 4.88. The van der Waals surface area contributed by atoms with Crippen molar-refractivity contribution >= 4 is 22.4 Å². The number of benzene rings is 2. The lowest BCUT2D eigenvalue weighted by Crippen LogP contribution is -2.23. The number of nitrogens with zero attached hydrogens (tertiary/aromatic N) is 3. The molecule has 5 heteroatoms. The van der Waals surface area contributed by atoms with Gasteiger partial charge >= 0.3 is 0 Å². The molecule has 0 radical (unpaired) electrons. The third-order valence-corrected chi connectivity index (χ3v) is 5.84. The van der Waals surface area contributed by atoms with Crippen LogP contribution in [0.1, 0.15) is 44.4 Å². The standard InChI is InChI=1S/C23H23N3OS/c1-5-15-6-8-16(9-7-15)14-19-21(27)26-22(28-19)24-20(25-26)17-10-12-18(13-11-17)23(2,3)4/h6-14H,5H2,1-4H3/b19-14-. The van der Waals surface area contributed by atoms with Gasteiger partial charge in [0.05, 0.1) is 4.53 Å². The monoisotopic (exact) mass is 389 g/mol. The number of rotatable bonds is 3. The number of aryl methyl sites for hydroxylation is 1. The van der Waals surface area contributed by atoms with E-state index in [0.717, 1.165) is 17.5 Å². The first kappa shape index (κ1) is 18.6. The molecule has 2 aromatic carbocycles. The van der Waals surface area contributed by atoms with Crippen LogP contribution in [-0.2, 0) is 11.8 Å². The van der Waals surface area contributed by atoms with Gasteiger partial charge in [-0.3, -0.25) is 4.79 Å². The second-order valence-electron chi connectivity index (χ2n) is 7.97. The second-order valence-corrected chi connectivity index (χ2v) is 8.98. The summed E-state index contributed by atoms with van der Waals surface area (Å²) in [5, 5.41) is 4.45. The minimum atomic E-state index is -0.121. The van der Waals surface area contributed by atoms with Crippen molar-refractivity contribution in [1.29, 1.82) is 0 Å². The lowest BCUT2D eigenvalue weighted by Gasteiger charge is -2.18. The average molecular weight is 390 g/mol. The van der Waals surface area contributed by atoms with Gasteiger partial charge in [-0.1, -0.05) is 87.6 Å². The Morgan fingerprint density at radius 3 is 2.29 bits per heavy atom. The Bertz CT molecular complexity index is 1230. The molecular weight excluding hydrogens is 366 g/mol. The maximum absolute atomic E-state index is 12.7. The molecule has 4 rings (SSSR count). The Morgan fingerprint density at radius 1 is 1.04 bits per heavy atom. The van der Waals surface area contributed by atoms with Crippen molar-refractivity contribution in [2.45, 2.75) is 39.5 Å². The largest absolute Gasteiger partial charge is 0.291 e. The maximum Gasteiger partial charge on any atom is 0.291 e. The minimum Gasteiger partial charge on any atom is -0.266 e. The van der Waals surface area contributed by atoms with Gasteiger partial charge in [-0.2, -0.15) is 9.50 Å². The predicted octanol–water partition coefficient (Wildman–Crippen LogP) is 4.23. The molecule has 0 N–H and O–H groups in total. The summed E-state index contributed by atoms with van der Waals surface area (Å²) in [6, 6.07) is 16.5. The summed E-state index contributed by atoms with van der Waals surface area (Å²) < 4.78 is 2.05. The van der Waals surface area contributed by atoms with Gasteiger partial charge in [0.25, 0.3) is 5.56 Å². The number of hydrogen-bond acceptors (Lipinski definition) is 4. The fraction of sp³-hybridized carbons (Fsp3) is 0.261. The van der Waals surface area contributed by atoms with Crippen LogP contribution in [0, 0.1) is 0 Å². The van der Waals surface area contributed by atoms with E-state index in [4.69, 9.17) is 0 Å². The molecule has 0 fully saturated rings. The summed E-state index contributed by atoms with van der Waals surface area (Å²) in [7, 11) is 0. The molecule has 0 spiro atoms. The summed E-state index contributed by atoms with van der Waals surface area (Å²) in [5.74, 6) is 0.586. The Balaban J connectivity index is 1.70. The first-order valence-electron chi connectivity index (χ1n) is 9.46. The van der Waals surface area contributed by atoms with Crippen molar-refractivity contribution < 1.29 is 0 Å². The van der Waals surface area contributed by atoms with Crippen LogP contribution in [-0.4, -0.2) is 14.6 Å². The number of aromatic nitrogens is 3. The fourth-order valence-electron chi connectivity index (χ4n) is 3.08. The molecular formula is C23H23N3OS. The summed E-state index contributed by atoms with van der Waals surface area (Å²) >= 11 is 1.37. The van der Waals surface area contributed by atoms with E-state index in [-0.39, 0.29) is 11.0 Å². The molecule has 2 heterocycles. The molecule has 0 amide bonds. The maximum atomic E-state index is 12.7. The van der Waals surface area contributed by atoms with Gasteiger partial charge in [0, 0.05) is 5.56 Å². The summed E-state index contributed by atoms with van der Waals surface area (Å²) in [6.45, 7) is 8.68. The zero-order valence-electron chi connectivity index (χ0n) is 16.6. The number of thiazole rings is 1. The van der Waals surface area contributed by atoms with E-state index >= 15 is 0 Å². The van der Waals surface area contributed by atoms with E-state index in [1.165, 1.54) is 27.0 Å². The van der Waals surface area contributed by atoms with Gasteiger partial charge in [-0.05, 0) is 34.6 Å². The van der Waals surface area contributed by atoms with Gasteiger partial charge in [0.1, 0.15) is 0 Å². The highest BCUT2D eigenvalue weighted by atomic mass is 32.1. The molecule has 4 nitrogen and oxygen atoms in total. The first-order valence-corrected chi connectivity index (χ1v) is 10.3. The molecule has 4 aromatic rings. The van der Waals surface area contributed by atoms with Crippen molar-refractivity contribution in [3.05, 3.63) is 80.1 Å². The van der Waals surface area contributed by atoms with Crippen molar-refractivity contribution in [2.24, 2.45) is 0 Å². The van der Waals surface area contributed by atoms with Gasteiger partial charge in [-0.25, -0.2) is 0 Å². The van der Waals surface area contributed by atoms with Crippen LogP contribution in [0.5, 0.6) is 0 Å². The fourth-order valence-corrected chi connectivity index (χ4v) is 3.98. The van der Waals surface area contributed by atoms with Crippen molar-refractivity contribution in [3.63, 3.8) is 0 Å². The van der Waals surface area contributed by atoms with Gasteiger partial charge < -0.3 is 0 Å². The van der Waals surface area contributed by atoms with Gasteiger partial charge in [0.2, 0.25) is 4.96 Å². The topological polar surface area (TPSA) is 47.3 Å². The van der Waals surface area contributed by atoms with E-state index in [0.29, 0.717) is 15.3 Å². The van der Waals surface area contributed by atoms with E-state index in [9.17, 15) is 4.79 Å². The Hall–Kier alpha value is -2.79. The highest BCUT2D eigenvalue weighted by molar-refractivity contribution is 7.15. The molecule has 0 saturated heterocycles. The summed E-state index contributed by atoms with van der Waals surface area (Å²) in [4.78, 5) is 17.9. The van der Waals surface area contributed by atoms with Crippen LogP contribution in [0.3, 0.4) is 0 Å². The zero-order valence-corrected chi connectivity index (χ0v) is 17.4. The van der Waals surface area contributed by atoms with Gasteiger partial charge in [-0.15, -0.1) is 5.10 Å². The first-order chi connectivity index (χ1) is 13.3. The summed E-state index contributed by atoms with van der Waals surface area (Å²) in [6.07, 6.45) is 2.91. The lowest BCUT2D eigenvalue weighted by molar-refractivity contribution is 0.590. The van der Waals surface area contributed by atoms with Crippen LogP contribution in [0.15, 0.2) is 53.3 Å². The van der Waals surface area contributed by atoms with Crippen LogP contribution in [0.2, 0.25) is 0 Å². The molecule has 0 aliphatic heterocycles. The molecule has 0 aliphatic carbocycles. The lowest BCUT2D eigenvalue weighted by atomic mass is 9.87. The highest BCUT2D eigenvalue weighted by Crippen LogP contribution is 2.25. The number of fused-ring (bicyclic) bond motifs is 1. The quantitative estimate of drug-likeness (QED) is 0.527. The second kappa shape index (κ2) is 6.99. The third kappa shape index (κ3) is 3.50. The van der Waals surface area contributed by atoms with E-state index in [1.807, 2.05) is 30.3 Å². The SMILES string of the molecule is CCc1ccc(/C=c2\sc3nc(-c4ccc(C(C)(C)C)cc4)nn3c2=O)cc1. The Labute approximate surface area is 168 Å². The molecule has 0 aliphatic rings. The highest BCUT2D eigenvalue weighted by Gasteiger charge is 2.15. The average Bonchev–Trinajstić information content (AvgIpc) is 3.22. The molecule has 0 saturated carbocycles. The van der Waals surface area contributed by atoms with Crippen molar-refractivity contribution in [3.8, 4) is 11.4 Å². The molecule has 142 valence electrons. The molecule has 0 unspecified atom stereocenters. The minimum absolute atomic E-state index is 0.1000. The van der Waals surface area contributed by atoms with E-state index in [1.54, 1.807) is 0 Å². The van der Waals surface area contributed by atoms with Gasteiger partial charge in [0.15, 0.2) is 5.82 Å². The van der Waals surface area contributed by atoms with E-state index in [2.05, 4.69) is 62.0 Å². The predicted molar refractivity (Wildman–Crippen MR) is 116 cm³/mol. The van der Waals surface area contributed by atoms with Crippen molar-refractivity contribution in [2.75, 3.05) is 0 Å². The Morgan fingerprint density at radius 2 is 1.71 bits per heavy atom. The molecule has 2 aromatic heterocycles. The molecule has 0 bridgehead atoms. The van der Waals surface area contributed by atoms with E-state index < -0.39 is 0 Å². The summed E-state index contributed by atoms with van der Waals surface area (Å²) in [5.41, 5.74) is 4.45. The zero-order chi connectivity index (χ0) is 19.9. The van der Waals surface area contributed by atoms with Crippen molar-refractivity contribution in [1.82, 2.24) is 14.6 Å². The smallest absolute Gasteiger partial charge is 0.266 e. The van der Waals surface area contributed by atoms with Crippen LogP contribution < -0.4 is 10.1 Å².